The SMILES string of the molecule is O=C(OCc1noc(-c2cccs2)n1)C(c1ccccc1)c1ccccc1. The van der Waals surface area contributed by atoms with E-state index in [4.69, 9.17) is 9.26 Å². The Balaban J connectivity index is 1.51. The number of aromatic nitrogens is 2. The fourth-order valence-corrected chi connectivity index (χ4v) is 3.43. The Morgan fingerprint density at radius 2 is 1.63 bits per heavy atom. The third kappa shape index (κ3) is 3.96. The van der Waals surface area contributed by atoms with E-state index in [9.17, 15) is 4.79 Å². The number of esters is 1. The van der Waals surface area contributed by atoms with Crippen molar-refractivity contribution in [2.45, 2.75) is 12.5 Å². The lowest BCUT2D eigenvalue weighted by Gasteiger charge is -2.16. The number of nitrogens with zero attached hydrogens (tertiary/aromatic N) is 2. The number of hydrogen-bond acceptors (Lipinski definition) is 6. The molecule has 0 radical (unpaired) electrons. The summed E-state index contributed by atoms with van der Waals surface area (Å²) in [6.45, 7) is -0.0378. The van der Waals surface area contributed by atoms with Gasteiger partial charge in [0.2, 0.25) is 5.82 Å². The predicted octanol–water partition coefficient (Wildman–Crippen LogP) is 4.67. The first-order valence-electron chi connectivity index (χ1n) is 8.44. The van der Waals surface area contributed by atoms with E-state index in [1.54, 1.807) is 0 Å². The molecule has 0 saturated carbocycles. The summed E-state index contributed by atoms with van der Waals surface area (Å²) in [7, 11) is 0. The van der Waals surface area contributed by atoms with E-state index in [2.05, 4.69) is 10.1 Å². The third-order valence-corrected chi connectivity index (χ3v) is 4.90. The molecule has 4 rings (SSSR count). The molecule has 0 fully saturated rings. The molecule has 4 aromatic rings. The zero-order valence-corrected chi connectivity index (χ0v) is 15.1. The van der Waals surface area contributed by atoms with Crippen molar-refractivity contribution in [3.63, 3.8) is 0 Å². The van der Waals surface area contributed by atoms with Gasteiger partial charge in [0.05, 0.1) is 4.88 Å². The molecule has 0 saturated heterocycles. The molecular weight excluding hydrogens is 360 g/mol. The molecule has 6 heteroatoms. The van der Waals surface area contributed by atoms with Gasteiger partial charge >= 0.3 is 5.97 Å². The van der Waals surface area contributed by atoms with Crippen molar-refractivity contribution in [1.29, 1.82) is 0 Å². The van der Waals surface area contributed by atoms with Gasteiger partial charge in [-0.3, -0.25) is 4.79 Å². The van der Waals surface area contributed by atoms with Crippen molar-refractivity contribution in [2.24, 2.45) is 0 Å². The molecular formula is C21H16N2O3S. The summed E-state index contributed by atoms with van der Waals surface area (Å²) in [6.07, 6.45) is 0. The van der Waals surface area contributed by atoms with Gasteiger partial charge in [0.15, 0.2) is 6.61 Å². The summed E-state index contributed by atoms with van der Waals surface area (Å²) in [5.74, 6) is -0.0868. The van der Waals surface area contributed by atoms with Crippen molar-refractivity contribution in [2.75, 3.05) is 0 Å². The molecule has 0 bridgehead atoms. The van der Waals surface area contributed by atoms with E-state index < -0.39 is 5.92 Å². The highest BCUT2D eigenvalue weighted by molar-refractivity contribution is 7.13. The largest absolute Gasteiger partial charge is 0.457 e. The quantitative estimate of drug-likeness (QED) is 0.457. The molecule has 0 N–H and O–H groups in total. The van der Waals surface area contributed by atoms with Crippen LogP contribution in [0, 0.1) is 0 Å². The van der Waals surface area contributed by atoms with Crippen LogP contribution in [0.15, 0.2) is 82.7 Å². The number of benzene rings is 2. The normalized spacial score (nSPS) is 10.9. The Kier molecular flexibility index (Phi) is 5.07. The van der Waals surface area contributed by atoms with E-state index in [-0.39, 0.29) is 12.6 Å². The second kappa shape index (κ2) is 7.97. The fraction of sp³-hybridized carbons (Fsp3) is 0.0952. The zero-order valence-electron chi connectivity index (χ0n) is 14.3. The van der Waals surface area contributed by atoms with Gasteiger partial charge in [-0.2, -0.15) is 4.98 Å². The first-order valence-corrected chi connectivity index (χ1v) is 9.32. The van der Waals surface area contributed by atoms with E-state index >= 15 is 0 Å². The second-order valence-corrected chi connectivity index (χ2v) is 6.80. The van der Waals surface area contributed by atoms with Crippen molar-refractivity contribution in [3.05, 3.63) is 95.1 Å². The van der Waals surface area contributed by atoms with Crippen LogP contribution in [0.25, 0.3) is 10.8 Å². The van der Waals surface area contributed by atoms with Gasteiger partial charge in [-0.1, -0.05) is 71.9 Å². The van der Waals surface area contributed by atoms with Crippen LogP contribution >= 0.6 is 11.3 Å². The van der Waals surface area contributed by atoms with Crippen molar-refractivity contribution in [3.8, 4) is 10.8 Å². The van der Waals surface area contributed by atoms with Gasteiger partial charge in [-0.15, -0.1) is 11.3 Å². The number of carbonyl (C=O) groups is 1. The first kappa shape index (κ1) is 17.2. The first-order chi connectivity index (χ1) is 13.3. The van der Waals surface area contributed by atoms with Gasteiger partial charge in [-0.05, 0) is 22.6 Å². The molecule has 2 aromatic heterocycles. The van der Waals surface area contributed by atoms with Crippen LogP contribution in [-0.2, 0) is 16.1 Å². The van der Waals surface area contributed by atoms with Crippen LogP contribution in [0.1, 0.15) is 22.9 Å². The van der Waals surface area contributed by atoms with Crippen LogP contribution in [0.5, 0.6) is 0 Å². The summed E-state index contributed by atoms with van der Waals surface area (Å²) in [5, 5.41) is 5.83. The summed E-state index contributed by atoms with van der Waals surface area (Å²) in [4.78, 5) is 18.0. The van der Waals surface area contributed by atoms with Crippen LogP contribution in [0.4, 0.5) is 0 Å². The van der Waals surface area contributed by atoms with Gasteiger partial charge in [0.25, 0.3) is 5.89 Å². The van der Waals surface area contributed by atoms with Crippen LogP contribution in [0.3, 0.4) is 0 Å². The van der Waals surface area contributed by atoms with Gasteiger partial charge in [0, 0.05) is 0 Å². The lowest BCUT2D eigenvalue weighted by Crippen LogP contribution is -2.17. The minimum absolute atomic E-state index is 0.0378. The van der Waals surface area contributed by atoms with Gasteiger partial charge in [0.1, 0.15) is 5.92 Å². The van der Waals surface area contributed by atoms with Gasteiger partial charge < -0.3 is 9.26 Å². The Morgan fingerprint density at radius 3 is 2.22 bits per heavy atom. The molecule has 0 aliphatic rings. The van der Waals surface area contributed by atoms with E-state index in [0.29, 0.717) is 11.7 Å². The molecule has 0 aliphatic heterocycles. The summed E-state index contributed by atoms with van der Waals surface area (Å²) in [6, 6.07) is 23.0. The predicted molar refractivity (Wildman–Crippen MR) is 102 cm³/mol. The van der Waals surface area contributed by atoms with Crippen molar-refractivity contribution < 1.29 is 14.1 Å². The van der Waals surface area contributed by atoms with E-state index in [0.717, 1.165) is 16.0 Å². The number of carbonyl (C=O) groups excluding carboxylic acids is 1. The second-order valence-electron chi connectivity index (χ2n) is 5.86. The van der Waals surface area contributed by atoms with Crippen LogP contribution < -0.4 is 0 Å². The molecule has 0 spiro atoms. The van der Waals surface area contributed by atoms with Crippen molar-refractivity contribution in [1.82, 2.24) is 10.1 Å². The number of rotatable bonds is 6. The summed E-state index contributed by atoms with van der Waals surface area (Å²) in [5.41, 5.74) is 1.75. The zero-order chi connectivity index (χ0) is 18.5. The highest BCUT2D eigenvalue weighted by atomic mass is 32.1. The highest BCUT2D eigenvalue weighted by Gasteiger charge is 2.24. The Bertz CT molecular complexity index is 959. The number of ether oxygens (including phenoxy) is 1. The molecule has 0 unspecified atom stereocenters. The van der Waals surface area contributed by atoms with Crippen LogP contribution in [0.2, 0.25) is 0 Å². The minimum Gasteiger partial charge on any atom is -0.457 e. The number of thiophene rings is 1. The Hall–Kier alpha value is -3.25. The van der Waals surface area contributed by atoms with Gasteiger partial charge in [-0.25, -0.2) is 0 Å². The molecule has 2 heterocycles. The number of hydrogen-bond donors (Lipinski definition) is 0. The fourth-order valence-electron chi connectivity index (χ4n) is 2.79. The average Bonchev–Trinajstić information content (AvgIpc) is 3.40. The smallest absolute Gasteiger partial charge is 0.318 e. The molecule has 2 aromatic carbocycles. The lowest BCUT2D eigenvalue weighted by molar-refractivity contribution is -0.146. The molecule has 27 heavy (non-hydrogen) atoms. The van der Waals surface area contributed by atoms with Crippen LogP contribution in [-0.4, -0.2) is 16.1 Å². The minimum atomic E-state index is -0.504. The topological polar surface area (TPSA) is 65.2 Å². The maximum Gasteiger partial charge on any atom is 0.318 e. The van der Waals surface area contributed by atoms with E-state index in [1.807, 2.05) is 78.2 Å². The molecule has 134 valence electrons. The molecule has 0 aliphatic carbocycles. The maximum absolute atomic E-state index is 12.8. The lowest BCUT2D eigenvalue weighted by atomic mass is 9.91. The Labute approximate surface area is 160 Å². The van der Waals surface area contributed by atoms with E-state index in [1.165, 1.54) is 11.3 Å². The monoisotopic (exact) mass is 376 g/mol. The standard InChI is InChI=1S/C21H16N2O3S/c24-21(25-14-18-22-20(26-23-18)17-12-7-13-27-17)19(15-8-3-1-4-9-15)16-10-5-2-6-11-16/h1-13,19H,14H2. The molecule has 0 atom stereocenters. The molecule has 5 nitrogen and oxygen atoms in total. The average molecular weight is 376 g/mol. The molecule has 0 amide bonds. The Morgan fingerprint density at radius 1 is 0.963 bits per heavy atom. The third-order valence-electron chi connectivity index (χ3n) is 4.05. The summed E-state index contributed by atoms with van der Waals surface area (Å²) >= 11 is 1.51. The van der Waals surface area contributed by atoms with Crippen molar-refractivity contribution >= 4 is 17.3 Å². The maximum atomic E-state index is 12.8. The summed E-state index contributed by atoms with van der Waals surface area (Å²) < 4.78 is 10.7. The highest BCUT2D eigenvalue weighted by Crippen LogP contribution is 2.27.